The van der Waals surface area contributed by atoms with E-state index in [2.05, 4.69) is 4.99 Å². The maximum atomic E-state index is 11.3. The number of hydrogen-bond donors (Lipinski definition) is 0. The van der Waals surface area contributed by atoms with Crippen molar-refractivity contribution in [3.05, 3.63) is 12.2 Å². The van der Waals surface area contributed by atoms with E-state index in [1.807, 2.05) is 26.0 Å². The molecule has 0 bridgehead atoms. The van der Waals surface area contributed by atoms with Crippen LogP contribution in [0.5, 0.6) is 0 Å². The second kappa shape index (κ2) is 3.46. The van der Waals surface area contributed by atoms with Crippen LogP contribution in [-0.4, -0.2) is 18.0 Å². The number of aliphatic imine (C=N–C) groups is 1. The number of Topliss-reactive ketones (excluding diaryl/α,β-unsaturated/α-hetero) is 1. The minimum absolute atomic E-state index is 0.0662. The van der Waals surface area contributed by atoms with Gasteiger partial charge in [0.25, 0.3) is 0 Å². The normalized spacial score (nSPS) is 16.8. The van der Waals surface area contributed by atoms with Crippen LogP contribution in [0.1, 0.15) is 20.3 Å². The second-order valence-corrected chi connectivity index (χ2v) is 2.98. The molecule has 1 aliphatic heterocycles. The molecule has 2 heteroatoms. The molecule has 0 atom stereocenters. The van der Waals surface area contributed by atoms with Crippen molar-refractivity contribution in [2.75, 3.05) is 6.54 Å². The fraction of sp³-hybridized carbons (Fsp3) is 0.556. The van der Waals surface area contributed by atoms with E-state index in [4.69, 9.17) is 0 Å². The summed E-state index contributed by atoms with van der Waals surface area (Å²) in [6, 6.07) is 0. The smallest absolute Gasteiger partial charge is 0.183 e. The van der Waals surface area contributed by atoms with E-state index in [0.717, 1.165) is 13.0 Å². The summed E-state index contributed by atoms with van der Waals surface area (Å²) in [5, 5.41) is 0. The molecule has 60 valence electrons. The van der Waals surface area contributed by atoms with E-state index in [-0.39, 0.29) is 11.7 Å². The highest BCUT2D eigenvalue weighted by Gasteiger charge is 2.13. The number of ketones is 1. The standard InChI is InChI=1S/C9H13NO/c1-7(2)9(11)8-5-3-4-6-10-8/h3,5,7H,4,6H2,1-2H3. The van der Waals surface area contributed by atoms with E-state index in [0.29, 0.717) is 5.71 Å². The molecule has 11 heavy (non-hydrogen) atoms. The monoisotopic (exact) mass is 151 g/mol. The van der Waals surface area contributed by atoms with Crippen molar-refractivity contribution in [2.24, 2.45) is 10.9 Å². The first-order valence-electron chi connectivity index (χ1n) is 3.97. The Morgan fingerprint density at radius 3 is 2.82 bits per heavy atom. The number of dihydropyridines is 1. The van der Waals surface area contributed by atoms with Gasteiger partial charge in [0.05, 0.1) is 0 Å². The Labute approximate surface area is 67.0 Å². The fourth-order valence-electron chi connectivity index (χ4n) is 0.963. The van der Waals surface area contributed by atoms with Gasteiger partial charge in [-0.2, -0.15) is 0 Å². The van der Waals surface area contributed by atoms with Gasteiger partial charge in [0.1, 0.15) is 5.71 Å². The molecule has 2 nitrogen and oxygen atoms in total. The van der Waals surface area contributed by atoms with Crippen LogP contribution in [0.3, 0.4) is 0 Å². The Kier molecular flexibility index (Phi) is 2.58. The van der Waals surface area contributed by atoms with Crippen molar-refractivity contribution in [1.29, 1.82) is 0 Å². The minimum atomic E-state index is 0.0662. The molecule has 1 rings (SSSR count). The third-order valence-electron chi connectivity index (χ3n) is 1.63. The predicted molar refractivity (Wildman–Crippen MR) is 45.9 cm³/mol. The number of hydrogen-bond acceptors (Lipinski definition) is 2. The Morgan fingerprint density at radius 1 is 1.64 bits per heavy atom. The Balaban J connectivity index is 2.67. The lowest BCUT2D eigenvalue weighted by atomic mass is 10.0. The van der Waals surface area contributed by atoms with Gasteiger partial charge in [-0.25, -0.2) is 0 Å². The molecule has 0 saturated carbocycles. The molecule has 1 heterocycles. The molecule has 0 aliphatic carbocycles. The van der Waals surface area contributed by atoms with Crippen molar-refractivity contribution >= 4 is 11.5 Å². The minimum Gasteiger partial charge on any atom is -0.292 e. The van der Waals surface area contributed by atoms with Gasteiger partial charge in [-0.05, 0) is 12.5 Å². The Bertz CT molecular complexity index is 214. The van der Waals surface area contributed by atoms with Crippen LogP contribution in [0, 0.1) is 5.92 Å². The van der Waals surface area contributed by atoms with Gasteiger partial charge in [-0.1, -0.05) is 19.9 Å². The van der Waals surface area contributed by atoms with Gasteiger partial charge in [0.15, 0.2) is 5.78 Å². The van der Waals surface area contributed by atoms with Gasteiger partial charge >= 0.3 is 0 Å². The topological polar surface area (TPSA) is 29.4 Å². The molecule has 0 spiro atoms. The van der Waals surface area contributed by atoms with Crippen molar-refractivity contribution in [1.82, 2.24) is 0 Å². The fourth-order valence-corrected chi connectivity index (χ4v) is 0.963. The summed E-state index contributed by atoms with van der Waals surface area (Å²) in [6.07, 6.45) is 4.79. The molecule has 0 aromatic carbocycles. The van der Waals surface area contributed by atoms with Gasteiger partial charge in [0, 0.05) is 12.5 Å². The summed E-state index contributed by atoms with van der Waals surface area (Å²) in [4.78, 5) is 15.4. The van der Waals surface area contributed by atoms with Crippen molar-refractivity contribution < 1.29 is 4.79 Å². The molecule has 0 fully saturated rings. The van der Waals surface area contributed by atoms with Crippen LogP contribution in [0.15, 0.2) is 17.1 Å². The lowest BCUT2D eigenvalue weighted by molar-refractivity contribution is -0.115. The Morgan fingerprint density at radius 2 is 2.36 bits per heavy atom. The molecule has 0 saturated heterocycles. The first-order valence-corrected chi connectivity index (χ1v) is 3.97. The highest BCUT2D eigenvalue weighted by molar-refractivity contribution is 6.44. The number of carbonyl (C=O) groups excluding carboxylic acids is 1. The van der Waals surface area contributed by atoms with Crippen LogP contribution in [0.25, 0.3) is 0 Å². The van der Waals surface area contributed by atoms with Gasteiger partial charge in [0.2, 0.25) is 0 Å². The lowest BCUT2D eigenvalue weighted by Crippen LogP contribution is -2.19. The van der Waals surface area contributed by atoms with Gasteiger partial charge in [-0.3, -0.25) is 9.79 Å². The number of nitrogens with zero attached hydrogens (tertiary/aromatic N) is 1. The van der Waals surface area contributed by atoms with E-state index >= 15 is 0 Å². The van der Waals surface area contributed by atoms with E-state index in [1.54, 1.807) is 0 Å². The molecular formula is C9H13NO. The molecule has 0 aromatic heterocycles. The first-order chi connectivity index (χ1) is 5.22. The van der Waals surface area contributed by atoms with Gasteiger partial charge < -0.3 is 0 Å². The SMILES string of the molecule is CC(C)C(=O)C1=NCCC=C1. The maximum absolute atomic E-state index is 11.3. The summed E-state index contributed by atoms with van der Waals surface area (Å²) in [5.74, 6) is 0.220. The van der Waals surface area contributed by atoms with Crippen molar-refractivity contribution in [3.63, 3.8) is 0 Å². The molecule has 0 radical (unpaired) electrons. The van der Waals surface area contributed by atoms with Crippen molar-refractivity contribution in [2.45, 2.75) is 20.3 Å². The average Bonchev–Trinajstić information content (AvgIpc) is 2.05. The van der Waals surface area contributed by atoms with Gasteiger partial charge in [-0.15, -0.1) is 0 Å². The van der Waals surface area contributed by atoms with E-state index < -0.39 is 0 Å². The second-order valence-electron chi connectivity index (χ2n) is 2.98. The molecule has 0 aromatic rings. The highest BCUT2D eigenvalue weighted by Crippen LogP contribution is 2.03. The van der Waals surface area contributed by atoms with Crippen molar-refractivity contribution in [3.8, 4) is 0 Å². The van der Waals surface area contributed by atoms with Crippen LogP contribution in [-0.2, 0) is 4.79 Å². The summed E-state index contributed by atoms with van der Waals surface area (Å²) in [7, 11) is 0. The average molecular weight is 151 g/mol. The van der Waals surface area contributed by atoms with Crippen LogP contribution in [0.4, 0.5) is 0 Å². The molecular weight excluding hydrogens is 138 g/mol. The predicted octanol–water partition coefficient (Wildman–Crippen LogP) is 1.61. The Hall–Kier alpha value is -0.920. The van der Waals surface area contributed by atoms with Crippen LogP contribution in [0.2, 0.25) is 0 Å². The summed E-state index contributed by atoms with van der Waals surface area (Å²) >= 11 is 0. The zero-order valence-electron chi connectivity index (χ0n) is 7.00. The third kappa shape index (κ3) is 2.00. The lowest BCUT2D eigenvalue weighted by Gasteiger charge is -2.06. The first kappa shape index (κ1) is 8.18. The van der Waals surface area contributed by atoms with Crippen LogP contribution >= 0.6 is 0 Å². The number of rotatable bonds is 2. The number of allylic oxidation sites excluding steroid dienone is 1. The van der Waals surface area contributed by atoms with Crippen LogP contribution < -0.4 is 0 Å². The zero-order chi connectivity index (χ0) is 8.27. The molecule has 0 N–H and O–H groups in total. The summed E-state index contributed by atoms with van der Waals surface area (Å²) in [5.41, 5.74) is 0.645. The largest absolute Gasteiger partial charge is 0.292 e. The highest BCUT2D eigenvalue weighted by atomic mass is 16.1. The summed E-state index contributed by atoms with van der Waals surface area (Å²) < 4.78 is 0. The molecule has 1 aliphatic rings. The third-order valence-corrected chi connectivity index (χ3v) is 1.63. The zero-order valence-corrected chi connectivity index (χ0v) is 7.00. The molecule has 0 amide bonds. The van der Waals surface area contributed by atoms with E-state index in [9.17, 15) is 4.79 Å². The quantitative estimate of drug-likeness (QED) is 0.589. The number of carbonyl (C=O) groups is 1. The maximum Gasteiger partial charge on any atom is 0.183 e. The van der Waals surface area contributed by atoms with E-state index in [1.165, 1.54) is 0 Å². The molecule has 0 unspecified atom stereocenters. The summed E-state index contributed by atoms with van der Waals surface area (Å²) in [6.45, 7) is 4.56.